The molecule has 0 bridgehead atoms. The number of rotatable bonds is 4. The van der Waals surface area contributed by atoms with Crippen LogP contribution in [0.25, 0.3) is 10.9 Å². The summed E-state index contributed by atoms with van der Waals surface area (Å²) in [5.74, 6) is 0.000764. The third-order valence-corrected chi connectivity index (χ3v) is 5.65. The number of alkyl halides is 1. The van der Waals surface area contributed by atoms with E-state index < -0.39 is 0 Å². The summed E-state index contributed by atoms with van der Waals surface area (Å²) < 4.78 is 0. The minimum atomic E-state index is 0.000764. The van der Waals surface area contributed by atoms with Gasteiger partial charge in [-0.3, -0.25) is 9.78 Å². The summed E-state index contributed by atoms with van der Waals surface area (Å²) in [6.45, 7) is 0.744. The molecule has 21 heavy (non-hydrogen) atoms. The van der Waals surface area contributed by atoms with Gasteiger partial charge in [0.05, 0.1) is 11.1 Å². The van der Waals surface area contributed by atoms with Gasteiger partial charge in [0.15, 0.2) is 0 Å². The number of carbonyl (C=O) groups is 1. The molecule has 1 aromatic heterocycles. The van der Waals surface area contributed by atoms with Crippen molar-refractivity contribution in [2.45, 2.75) is 25.7 Å². The van der Waals surface area contributed by atoms with Crippen molar-refractivity contribution in [1.29, 1.82) is 0 Å². The Kier molecular flexibility index (Phi) is 4.24. The lowest BCUT2D eigenvalue weighted by atomic mass is 9.88. The lowest BCUT2D eigenvalue weighted by molar-refractivity contribution is 0.0937. The largest absolute Gasteiger partial charge is 0.351 e. The molecule has 3 nitrogen and oxygen atoms in total. The van der Waals surface area contributed by atoms with Crippen LogP contribution < -0.4 is 5.32 Å². The Morgan fingerprint density at radius 2 is 2.00 bits per heavy atom. The molecule has 1 aliphatic rings. The van der Waals surface area contributed by atoms with Crippen molar-refractivity contribution in [2.24, 2.45) is 5.41 Å². The maximum atomic E-state index is 12.5. The van der Waals surface area contributed by atoms with Crippen molar-refractivity contribution in [3.8, 4) is 0 Å². The summed E-state index contributed by atoms with van der Waals surface area (Å²) in [5.41, 5.74) is 1.81. The molecule has 1 saturated carbocycles. The zero-order valence-electron chi connectivity index (χ0n) is 11.9. The zero-order valence-corrected chi connectivity index (χ0v) is 13.5. The van der Waals surface area contributed by atoms with E-state index in [1.54, 1.807) is 12.3 Å². The molecule has 1 aromatic carbocycles. The molecule has 0 unspecified atom stereocenters. The zero-order chi connectivity index (χ0) is 14.7. The van der Waals surface area contributed by atoms with Crippen LogP contribution in [0.15, 0.2) is 36.5 Å². The fourth-order valence-electron chi connectivity index (χ4n) is 3.14. The van der Waals surface area contributed by atoms with E-state index in [2.05, 4.69) is 26.2 Å². The minimum absolute atomic E-state index is 0.000764. The molecule has 2 aromatic rings. The maximum absolute atomic E-state index is 12.5. The Labute approximate surface area is 133 Å². The lowest BCUT2D eigenvalue weighted by Gasteiger charge is -2.26. The van der Waals surface area contributed by atoms with Crippen LogP contribution in [0.3, 0.4) is 0 Å². The quantitative estimate of drug-likeness (QED) is 0.852. The highest BCUT2D eigenvalue weighted by Crippen LogP contribution is 2.39. The van der Waals surface area contributed by atoms with Crippen LogP contribution in [0.5, 0.6) is 0 Å². The number of carbonyl (C=O) groups excluding carboxylic acids is 1. The van der Waals surface area contributed by atoms with Crippen molar-refractivity contribution in [3.05, 3.63) is 42.1 Å². The molecule has 1 fully saturated rings. The Hall–Kier alpha value is -1.42. The summed E-state index contributed by atoms with van der Waals surface area (Å²) in [6.07, 6.45) is 6.61. The van der Waals surface area contributed by atoms with Crippen LogP contribution in [0.4, 0.5) is 0 Å². The van der Waals surface area contributed by atoms with E-state index in [4.69, 9.17) is 0 Å². The summed E-state index contributed by atoms with van der Waals surface area (Å²) in [7, 11) is 0. The second-order valence-electron chi connectivity index (χ2n) is 5.90. The highest BCUT2D eigenvalue weighted by atomic mass is 79.9. The second-order valence-corrected chi connectivity index (χ2v) is 6.46. The number of nitrogens with zero attached hydrogens (tertiary/aromatic N) is 1. The molecular weight excluding hydrogens is 328 g/mol. The van der Waals surface area contributed by atoms with Gasteiger partial charge in [-0.2, -0.15) is 0 Å². The molecule has 0 atom stereocenters. The smallest absolute Gasteiger partial charge is 0.252 e. The highest BCUT2D eigenvalue weighted by Gasteiger charge is 2.33. The molecular formula is C17H19BrN2O. The molecule has 0 radical (unpaired) electrons. The maximum Gasteiger partial charge on any atom is 0.252 e. The minimum Gasteiger partial charge on any atom is -0.351 e. The number of pyridine rings is 1. The van der Waals surface area contributed by atoms with Crippen LogP contribution >= 0.6 is 15.9 Å². The Bertz CT molecular complexity index is 645. The SMILES string of the molecule is O=C(NCC1(CBr)CCCC1)c1ccnc2ccccc12. The van der Waals surface area contributed by atoms with Crippen molar-refractivity contribution in [3.63, 3.8) is 0 Å². The second kappa shape index (κ2) is 6.14. The molecule has 0 aliphatic heterocycles. The predicted molar refractivity (Wildman–Crippen MR) is 88.8 cm³/mol. The Morgan fingerprint density at radius 1 is 1.24 bits per heavy atom. The summed E-state index contributed by atoms with van der Waals surface area (Å²) in [6, 6.07) is 9.57. The number of amides is 1. The predicted octanol–water partition coefficient (Wildman–Crippen LogP) is 3.92. The number of halogens is 1. The monoisotopic (exact) mass is 346 g/mol. The van der Waals surface area contributed by atoms with Crippen LogP contribution in [-0.2, 0) is 0 Å². The van der Waals surface area contributed by atoms with Crippen molar-refractivity contribution >= 4 is 32.7 Å². The summed E-state index contributed by atoms with van der Waals surface area (Å²) >= 11 is 3.62. The Morgan fingerprint density at radius 3 is 2.76 bits per heavy atom. The van der Waals surface area contributed by atoms with Crippen LogP contribution in [0.1, 0.15) is 36.0 Å². The van der Waals surface area contributed by atoms with Gasteiger partial charge < -0.3 is 5.32 Å². The van der Waals surface area contributed by atoms with Crippen molar-refractivity contribution < 1.29 is 4.79 Å². The number of para-hydroxylation sites is 1. The third-order valence-electron chi connectivity index (χ3n) is 4.47. The average Bonchev–Trinajstić information content (AvgIpc) is 3.01. The molecule has 3 rings (SSSR count). The van der Waals surface area contributed by atoms with E-state index in [0.717, 1.165) is 22.8 Å². The Balaban J connectivity index is 1.78. The highest BCUT2D eigenvalue weighted by molar-refractivity contribution is 9.09. The molecule has 1 heterocycles. The molecule has 1 amide bonds. The van der Waals surface area contributed by atoms with Gasteiger partial charge >= 0.3 is 0 Å². The first-order valence-corrected chi connectivity index (χ1v) is 8.54. The van der Waals surface area contributed by atoms with E-state index in [-0.39, 0.29) is 11.3 Å². The summed E-state index contributed by atoms with van der Waals surface area (Å²) in [4.78, 5) is 16.8. The molecule has 1 N–H and O–H groups in total. The number of fused-ring (bicyclic) bond motifs is 1. The van der Waals surface area contributed by atoms with Gasteiger partial charge in [0.25, 0.3) is 5.91 Å². The van der Waals surface area contributed by atoms with E-state index in [1.165, 1.54) is 25.7 Å². The van der Waals surface area contributed by atoms with Crippen LogP contribution in [-0.4, -0.2) is 22.8 Å². The fraction of sp³-hybridized carbons (Fsp3) is 0.412. The van der Waals surface area contributed by atoms with E-state index in [0.29, 0.717) is 5.56 Å². The fourth-order valence-corrected chi connectivity index (χ4v) is 3.90. The van der Waals surface area contributed by atoms with Crippen LogP contribution in [0.2, 0.25) is 0 Å². The first kappa shape index (κ1) is 14.5. The van der Waals surface area contributed by atoms with Gasteiger partial charge in [0.1, 0.15) is 0 Å². The van der Waals surface area contributed by atoms with Gasteiger partial charge in [0, 0.05) is 23.5 Å². The molecule has 0 spiro atoms. The molecule has 110 valence electrons. The van der Waals surface area contributed by atoms with Crippen LogP contribution in [0, 0.1) is 5.41 Å². The number of hydrogen-bond acceptors (Lipinski definition) is 2. The molecule has 1 aliphatic carbocycles. The normalized spacial score (nSPS) is 17.0. The first-order valence-electron chi connectivity index (χ1n) is 7.42. The van der Waals surface area contributed by atoms with Gasteiger partial charge in [0.2, 0.25) is 0 Å². The number of benzene rings is 1. The number of hydrogen-bond donors (Lipinski definition) is 1. The lowest BCUT2D eigenvalue weighted by Crippen LogP contribution is -2.37. The average molecular weight is 347 g/mol. The van der Waals surface area contributed by atoms with Gasteiger partial charge in [-0.1, -0.05) is 47.0 Å². The first-order chi connectivity index (χ1) is 10.2. The van der Waals surface area contributed by atoms with Crippen molar-refractivity contribution in [1.82, 2.24) is 10.3 Å². The topological polar surface area (TPSA) is 42.0 Å². The third kappa shape index (κ3) is 2.95. The molecule has 4 heteroatoms. The van der Waals surface area contributed by atoms with Gasteiger partial charge in [-0.25, -0.2) is 0 Å². The van der Waals surface area contributed by atoms with Crippen molar-refractivity contribution in [2.75, 3.05) is 11.9 Å². The number of nitrogens with one attached hydrogen (secondary N) is 1. The van der Waals surface area contributed by atoms with E-state index in [1.807, 2.05) is 24.3 Å². The van der Waals surface area contributed by atoms with Gasteiger partial charge in [-0.05, 0) is 30.4 Å². The van der Waals surface area contributed by atoms with E-state index >= 15 is 0 Å². The number of aromatic nitrogens is 1. The van der Waals surface area contributed by atoms with E-state index in [9.17, 15) is 4.79 Å². The molecule has 0 saturated heterocycles. The standard InChI is InChI=1S/C17H19BrN2O/c18-11-17(8-3-4-9-17)12-20-16(21)14-7-10-19-15-6-2-1-5-13(14)15/h1-2,5-7,10H,3-4,8-9,11-12H2,(H,20,21). The van der Waals surface area contributed by atoms with Gasteiger partial charge in [-0.15, -0.1) is 0 Å². The summed E-state index contributed by atoms with van der Waals surface area (Å²) in [5, 5.41) is 5.00.